The van der Waals surface area contributed by atoms with Crippen LogP contribution in [-0.2, 0) is 0 Å². The highest BCUT2D eigenvalue weighted by Gasteiger charge is 2.29. The van der Waals surface area contributed by atoms with E-state index in [4.69, 9.17) is 5.73 Å². The summed E-state index contributed by atoms with van der Waals surface area (Å²) in [6.45, 7) is 8.10. The van der Waals surface area contributed by atoms with Crippen LogP contribution >= 0.6 is 0 Å². The smallest absolute Gasteiger partial charge is 0.0679 e. The van der Waals surface area contributed by atoms with Gasteiger partial charge in [0.05, 0.1) is 6.10 Å². The van der Waals surface area contributed by atoms with Gasteiger partial charge < -0.3 is 10.8 Å². The summed E-state index contributed by atoms with van der Waals surface area (Å²) in [6, 6.07) is 0. The molecule has 0 bridgehead atoms. The molecule has 88 valence electrons. The van der Waals surface area contributed by atoms with Gasteiger partial charge in [-0.25, -0.2) is 0 Å². The molecule has 3 N–H and O–H groups in total. The van der Waals surface area contributed by atoms with Crippen LogP contribution < -0.4 is 5.73 Å². The molecule has 15 heavy (non-hydrogen) atoms. The summed E-state index contributed by atoms with van der Waals surface area (Å²) in [5, 5.41) is 10.0. The maximum atomic E-state index is 10.0. The molecule has 0 aromatic heterocycles. The Bertz CT molecular complexity index is 229. The third-order valence-corrected chi connectivity index (χ3v) is 2.76. The van der Waals surface area contributed by atoms with Crippen LogP contribution in [0.5, 0.6) is 0 Å². The Morgan fingerprint density at radius 3 is 2.33 bits per heavy atom. The van der Waals surface area contributed by atoms with Crippen LogP contribution in [0.15, 0.2) is 23.9 Å². The average molecular weight is 211 g/mol. The first kappa shape index (κ1) is 14.2. The van der Waals surface area contributed by atoms with Crippen LogP contribution in [0.2, 0.25) is 0 Å². The van der Waals surface area contributed by atoms with Crippen LogP contribution in [0.4, 0.5) is 0 Å². The Labute approximate surface area is 93.9 Å². The van der Waals surface area contributed by atoms with E-state index in [1.807, 2.05) is 32.9 Å². The number of hydrogen-bond acceptors (Lipinski definition) is 2. The molecule has 0 unspecified atom stereocenters. The molecule has 0 aliphatic carbocycles. The third-order valence-electron chi connectivity index (χ3n) is 2.76. The summed E-state index contributed by atoms with van der Waals surface area (Å²) in [5.74, 6) is 0. The first-order chi connectivity index (χ1) is 6.96. The van der Waals surface area contributed by atoms with E-state index in [-0.39, 0.29) is 5.41 Å². The number of nitrogens with two attached hydrogens (primary N) is 1. The van der Waals surface area contributed by atoms with E-state index in [1.54, 1.807) is 0 Å². The highest BCUT2D eigenvalue weighted by Crippen LogP contribution is 2.29. The van der Waals surface area contributed by atoms with Crippen LogP contribution in [0, 0.1) is 5.41 Å². The Kier molecular flexibility index (Phi) is 6.34. The first-order valence-corrected chi connectivity index (χ1v) is 5.75. The predicted octanol–water partition coefficient (Wildman–Crippen LogP) is 2.98. The van der Waals surface area contributed by atoms with Crippen LogP contribution in [-0.4, -0.2) is 11.2 Å². The number of allylic oxidation sites excluding steroid dienone is 2. The van der Waals surface area contributed by atoms with Gasteiger partial charge in [0.1, 0.15) is 0 Å². The van der Waals surface area contributed by atoms with Crippen molar-refractivity contribution in [3.8, 4) is 0 Å². The molecular formula is C13H25NO. The molecule has 2 nitrogen and oxygen atoms in total. The lowest BCUT2D eigenvalue weighted by Crippen LogP contribution is -2.34. The minimum atomic E-state index is -0.414. The van der Waals surface area contributed by atoms with Crippen LogP contribution in [0.25, 0.3) is 0 Å². The van der Waals surface area contributed by atoms with Crippen molar-refractivity contribution in [2.75, 3.05) is 0 Å². The van der Waals surface area contributed by atoms with Crippen molar-refractivity contribution in [3.63, 3.8) is 0 Å². The van der Waals surface area contributed by atoms with E-state index < -0.39 is 6.10 Å². The third kappa shape index (κ3) is 4.52. The second-order valence-corrected chi connectivity index (χ2v) is 4.42. The van der Waals surface area contributed by atoms with Crippen molar-refractivity contribution >= 4 is 0 Å². The monoisotopic (exact) mass is 211 g/mol. The van der Waals surface area contributed by atoms with Crippen molar-refractivity contribution < 1.29 is 5.11 Å². The summed E-state index contributed by atoms with van der Waals surface area (Å²) in [7, 11) is 0. The average Bonchev–Trinajstić information content (AvgIpc) is 2.18. The number of rotatable bonds is 6. The predicted molar refractivity (Wildman–Crippen MR) is 66.4 cm³/mol. The van der Waals surface area contributed by atoms with E-state index in [1.165, 1.54) is 0 Å². The molecule has 2 heteroatoms. The van der Waals surface area contributed by atoms with Crippen molar-refractivity contribution in [2.45, 2.75) is 53.1 Å². The Hall–Kier alpha value is -0.760. The Morgan fingerprint density at radius 2 is 1.87 bits per heavy atom. The lowest BCUT2D eigenvalue weighted by molar-refractivity contribution is 0.0761. The molecule has 0 amide bonds. The van der Waals surface area contributed by atoms with Crippen LogP contribution in [0.3, 0.4) is 0 Å². The van der Waals surface area contributed by atoms with Crippen LogP contribution in [0.1, 0.15) is 47.0 Å². The molecule has 0 aromatic rings. The molecule has 0 aliphatic rings. The normalized spacial score (nSPS) is 15.9. The fraction of sp³-hybridized carbons (Fsp3) is 0.692. The molecule has 0 saturated heterocycles. The lowest BCUT2D eigenvalue weighted by Gasteiger charge is -2.30. The summed E-state index contributed by atoms with van der Waals surface area (Å²) < 4.78 is 0. The van der Waals surface area contributed by atoms with Crippen molar-refractivity contribution in [1.82, 2.24) is 0 Å². The second-order valence-electron chi connectivity index (χ2n) is 4.42. The van der Waals surface area contributed by atoms with E-state index in [2.05, 4.69) is 13.0 Å². The molecule has 0 fully saturated rings. The maximum Gasteiger partial charge on any atom is 0.0679 e. The van der Waals surface area contributed by atoms with E-state index in [0.717, 1.165) is 18.5 Å². The summed E-state index contributed by atoms with van der Waals surface area (Å²) >= 11 is 0. The summed E-state index contributed by atoms with van der Waals surface area (Å²) in [5.41, 5.74) is 6.38. The zero-order chi connectivity index (χ0) is 11.9. The van der Waals surface area contributed by atoms with Gasteiger partial charge in [0.2, 0.25) is 0 Å². The minimum Gasteiger partial charge on any atom is -0.402 e. The number of aliphatic hydroxyl groups is 1. The van der Waals surface area contributed by atoms with Gasteiger partial charge in [-0.1, -0.05) is 45.9 Å². The Morgan fingerprint density at radius 1 is 1.27 bits per heavy atom. The highest BCUT2D eigenvalue weighted by molar-refractivity contribution is 5.11. The van der Waals surface area contributed by atoms with Gasteiger partial charge in [0, 0.05) is 11.1 Å². The molecular weight excluding hydrogens is 186 g/mol. The van der Waals surface area contributed by atoms with Gasteiger partial charge in [-0.15, -0.1) is 0 Å². The zero-order valence-electron chi connectivity index (χ0n) is 10.5. The minimum absolute atomic E-state index is 0.339. The number of aliphatic hydroxyl groups excluding tert-OH is 1. The fourth-order valence-corrected chi connectivity index (χ4v) is 1.36. The SMILES string of the molecule is CC/C=C\C[C@@H](O)C(C)(C)/C(N)=C\CC. The van der Waals surface area contributed by atoms with Gasteiger partial charge in [0.25, 0.3) is 0 Å². The highest BCUT2D eigenvalue weighted by atomic mass is 16.3. The molecule has 0 radical (unpaired) electrons. The Balaban J connectivity index is 4.43. The quantitative estimate of drug-likeness (QED) is 0.663. The molecule has 0 aromatic carbocycles. The van der Waals surface area contributed by atoms with E-state index in [0.29, 0.717) is 6.42 Å². The molecule has 1 atom stereocenters. The van der Waals surface area contributed by atoms with Gasteiger partial charge in [-0.3, -0.25) is 0 Å². The first-order valence-electron chi connectivity index (χ1n) is 5.75. The van der Waals surface area contributed by atoms with Crippen molar-refractivity contribution in [1.29, 1.82) is 0 Å². The fourth-order valence-electron chi connectivity index (χ4n) is 1.36. The maximum absolute atomic E-state index is 10.0. The zero-order valence-corrected chi connectivity index (χ0v) is 10.5. The van der Waals surface area contributed by atoms with E-state index >= 15 is 0 Å². The lowest BCUT2D eigenvalue weighted by atomic mass is 9.81. The second kappa shape index (κ2) is 6.67. The summed E-state index contributed by atoms with van der Waals surface area (Å²) in [4.78, 5) is 0. The molecule has 0 aliphatic heterocycles. The van der Waals surface area contributed by atoms with Gasteiger partial charge in [0.15, 0.2) is 0 Å². The number of hydrogen-bond donors (Lipinski definition) is 2. The molecule has 0 spiro atoms. The van der Waals surface area contributed by atoms with E-state index in [9.17, 15) is 5.11 Å². The topological polar surface area (TPSA) is 46.2 Å². The van der Waals surface area contributed by atoms with Crippen molar-refractivity contribution in [3.05, 3.63) is 23.9 Å². The summed E-state index contributed by atoms with van der Waals surface area (Å²) in [6.07, 6.45) is 8.24. The molecule has 0 heterocycles. The van der Waals surface area contributed by atoms with Crippen molar-refractivity contribution in [2.24, 2.45) is 11.1 Å². The van der Waals surface area contributed by atoms with Gasteiger partial charge in [-0.05, 0) is 19.3 Å². The van der Waals surface area contributed by atoms with Gasteiger partial charge in [-0.2, -0.15) is 0 Å². The van der Waals surface area contributed by atoms with Gasteiger partial charge >= 0.3 is 0 Å². The molecule has 0 saturated carbocycles. The molecule has 0 rings (SSSR count). The largest absolute Gasteiger partial charge is 0.402 e. The standard InChI is InChI=1S/C13H25NO/c1-5-7-8-10-12(15)13(3,4)11(14)9-6-2/h7-9,12,15H,5-6,10,14H2,1-4H3/b8-7-,11-9+/t12-/m1/s1.